The van der Waals surface area contributed by atoms with E-state index < -0.39 is 34.5 Å². The molecule has 34 heavy (non-hydrogen) atoms. The summed E-state index contributed by atoms with van der Waals surface area (Å²) in [5.41, 5.74) is -0.673. The molecule has 9 nitrogen and oxygen atoms in total. The average molecular weight is 469 g/mol. The van der Waals surface area contributed by atoms with Crippen molar-refractivity contribution in [2.24, 2.45) is 0 Å². The Labute approximate surface area is 197 Å². The zero-order valence-corrected chi connectivity index (χ0v) is 19.6. The molecule has 1 aliphatic rings. The molecule has 1 aliphatic heterocycles. The van der Waals surface area contributed by atoms with Gasteiger partial charge < -0.3 is 19.5 Å². The van der Waals surface area contributed by atoms with Gasteiger partial charge in [0.25, 0.3) is 0 Å². The monoisotopic (exact) mass is 468 g/mol. The number of hydrogen-bond acceptors (Lipinski definition) is 8. The van der Waals surface area contributed by atoms with Gasteiger partial charge in [0.05, 0.1) is 17.1 Å². The average Bonchev–Trinajstić information content (AvgIpc) is 2.79. The maximum atomic E-state index is 13.1. The third kappa shape index (κ3) is 4.73. The summed E-state index contributed by atoms with van der Waals surface area (Å²) in [4.78, 5) is 37.1. The van der Waals surface area contributed by atoms with Crippen LogP contribution in [0.2, 0.25) is 0 Å². The Hall–Kier alpha value is -3.88. The predicted molar refractivity (Wildman–Crippen MR) is 123 cm³/mol. The number of esters is 2. The highest BCUT2D eigenvalue weighted by Crippen LogP contribution is 2.47. The summed E-state index contributed by atoms with van der Waals surface area (Å²) in [6.45, 7) is 6.20. The molecule has 0 bridgehead atoms. The number of allylic oxidation sites excluding steroid dienone is 1. The largest absolute Gasteiger partial charge is 0.489 e. The van der Waals surface area contributed by atoms with E-state index in [1.54, 1.807) is 38.1 Å². The second kappa shape index (κ2) is 10.4. The molecule has 0 spiro atoms. The fourth-order valence-corrected chi connectivity index (χ4v) is 4.30. The highest BCUT2D eigenvalue weighted by Gasteiger charge is 2.65. The van der Waals surface area contributed by atoms with E-state index in [0.29, 0.717) is 17.0 Å². The molecule has 2 aromatic rings. The number of carbonyl (C=O) groups is 2. The maximum absolute atomic E-state index is 13.1. The number of carbonyl (C=O) groups excluding carboxylic acids is 2. The Morgan fingerprint density at radius 1 is 1.12 bits per heavy atom. The van der Waals surface area contributed by atoms with E-state index in [4.69, 9.17) is 14.2 Å². The lowest BCUT2D eigenvalue weighted by molar-refractivity contribution is -0.630. The van der Waals surface area contributed by atoms with Crippen molar-refractivity contribution in [3.8, 4) is 5.75 Å². The van der Waals surface area contributed by atoms with Crippen molar-refractivity contribution < 1.29 is 28.7 Å². The van der Waals surface area contributed by atoms with E-state index in [9.17, 15) is 19.7 Å². The summed E-state index contributed by atoms with van der Waals surface area (Å²) in [5.74, 6) is -2.53. The van der Waals surface area contributed by atoms with Crippen molar-refractivity contribution in [1.82, 2.24) is 5.32 Å². The molecule has 0 aromatic heterocycles. The Kier molecular flexibility index (Phi) is 7.55. The number of ether oxygens (including phenoxy) is 3. The molecule has 0 aliphatic carbocycles. The van der Waals surface area contributed by atoms with Crippen LogP contribution in [0.4, 0.5) is 0 Å². The van der Waals surface area contributed by atoms with Gasteiger partial charge in [0.2, 0.25) is 0 Å². The molecular weight excluding hydrogens is 440 g/mol. The van der Waals surface area contributed by atoms with Crippen molar-refractivity contribution in [2.45, 2.75) is 52.0 Å². The van der Waals surface area contributed by atoms with E-state index >= 15 is 0 Å². The summed E-state index contributed by atoms with van der Waals surface area (Å²) in [7, 11) is 0. The third-order valence-electron chi connectivity index (χ3n) is 5.71. The molecule has 3 atom stereocenters. The molecule has 180 valence electrons. The van der Waals surface area contributed by atoms with Gasteiger partial charge in [0.1, 0.15) is 24.3 Å². The van der Waals surface area contributed by atoms with Gasteiger partial charge in [0, 0.05) is 18.2 Å². The SMILES string of the molecule is CCOC(=O)C1=C(C)NC(C)C(OC(C)=O)([N+](=O)[O-])C1c1ccccc1OCc1ccccc1. The van der Waals surface area contributed by atoms with Gasteiger partial charge in [-0.05, 0) is 32.4 Å². The molecule has 3 rings (SSSR count). The number of hydrogen-bond donors (Lipinski definition) is 1. The Morgan fingerprint density at radius 3 is 2.38 bits per heavy atom. The predicted octanol–water partition coefficient (Wildman–Crippen LogP) is 3.71. The first-order chi connectivity index (χ1) is 16.2. The molecule has 9 heteroatoms. The van der Waals surface area contributed by atoms with Gasteiger partial charge in [-0.25, -0.2) is 4.79 Å². The molecule has 1 heterocycles. The van der Waals surface area contributed by atoms with Gasteiger partial charge in [0.15, 0.2) is 0 Å². The minimum Gasteiger partial charge on any atom is -0.489 e. The second-order valence-corrected chi connectivity index (χ2v) is 7.97. The van der Waals surface area contributed by atoms with Gasteiger partial charge in [-0.2, -0.15) is 0 Å². The van der Waals surface area contributed by atoms with Crippen LogP contribution in [0.15, 0.2) is 65.9 Å². The number of nitro groups is 1. The summed E-state index contributed by atoms with van der Waals surface area (Å²) >= 11 is 0. The third-order valence-corrected chi connectivity index (χ3v) is 5.71. The lowest BCUT2D eigenvalue weighted by Crippen LogP contribution is -2.64. The van der Waals surface area contributed by atoms with E-state index in [-0.39, 0.29) is 18.8 Å². The maximum Gasteiger partial charge on any atom is 0.396 e. The number of para-hydroxylation sites is 1. The van der Waals surface area contributed by atoms with Gasteiger partial charge in [-0.15, -0.1) is 0 Å². The lowest BCUT2D eigenvalue weighted by Gasteiger charge is -2.41. The normalized spacial score (nSPS) is 21.9. The molecule has 1 N–H and O–H groups in total. The van der Waals surface area contributed by atoms with Crippen LogP contribution in [-0.2, 0) is 25.7 Å². The first kappa shape index (κ1) is 24.8. The lowest BCUT2D eigenvalue weighted by atomic mass is 9.75. The Morgan fingerprint density at radius 2 is 1.76 bits per heavy atom. The Balaban J connectivity index is 2.21. The first-order valence-electron chi connectivity index (χ1n) is 11.0. The van der Waals surface area contributed by atoms with Crippen LogP contribution in [0.1, 0.15) is 44.7 Å². The van der Waals surface area contributed by atoms with Crippen LogP contribution in [0.25, 0.3) is 0 Å². The molecule has 0 saturated heterocycles. The smallest absolute Gasteiger partial charge is 0.396 e. The van der Waals surface area contributed by atoms with Gasteiger partial charge in [-0.1, -0.05) is 48.5 Å². The summed E-state index contributed by atoms with van der Waals surface area (Å²) in [6.07, 6.45) is 0. The minimum absolute atomic E-state index is 0.00802. The fourth-order valence-electron chi connectivity index (χ4n) is 4.30. The highest BCUT2D eigenvalue weighted by molar-refractivity contribution is 5.92. The molecule has 0 amide bonds. The van der Waals surface area contributed by atoms with Crippen molar-refractivity contribution in [3.63, 3.8) is 0 Å². The number of rotatable bonds is 8. The van der Waals surface area contributed by atoms with Crippen molar-refractivity contribution in [3.05, 3.63) is 87.1 Å². The molecule has 2 aromatic carbocycles. The van der Waals surface area contributed by atoms with Crippen LogP contribution in [0.3, 0.4) is 0 Å². The van der Waals surface area contributed by atoms with Crippen LogP contribution in [0.5, 0.6) is 5.75 Å². The van der Waals surface area contributed by atoms with Crippen molar-refractivity contribution >= 4 is 11.9 Å². The van der Waals surface area contributed by atoms with E-state index in [1.807, 2.05) is 30.3 Å². The molecule has 0 radical (unpaired) electrons. The van der Waals surface area contributed by atoms with Crippen molar-refractivity contribution in [1.29, 1.82) is 0 Å². The molecule has 3 unspecified atom stereocenters. The molecular formula is C25H28N2O7. The highest BCUT2D eigenvalue weighted by atomic mass is 16.7. The standard InChI is InChI=1S/C25H28N2O7/c1-5-32-24(29)22-16(2)26-17(3)25(27(30)31,34-18(4)28)23(22)20-13-9-10-14-21(20)33-15-19-11-7-6-8-12-19/h6-14,17,23,26H,5,15H2,1-4H3. The minimum atomic E-state index is -2.32. The van der Waals surface area contributed by atoms with E-state index in [0.717, 1.165) is 12.5 Å². The summed E-state index contributed by atoms with van der Waals surface area (Å²) in [5, 5.41) is 15.5. The van der Waals surface area contributed by atoms with Crippen LogP contribution in [0, 0.1) is 10.1 Å². The van der Waals surface area contributed by atoms with Crippen molar-refractivity contribution in [2.75, 3.05) is 6.61 Å². The van der Waals surface area contributed by atoms with Crippen LogP contribution in [-0.4, -0.2) is 35.2 Å². The summed E-state index contributed by atoms with van der Waals surface area (Å²) < 4.78 is 16.7. The number of nitrogens with zero attached hydrogens (tertiary/aromatic N) is 1. The summed E-state index contributed by atoms with van der Waals surface area (Å²) in [6, 6.07) is 15.2. The van der Waals surface area contributed by atoms with Crippen LogP contribution >= 0.6 is 0 Å². The van der Waals surface area contributed by atoms with Crippen LogP contribution < -0.4 is 10.1 Å². The topological polar surface area (TPSA) is 117 Å². The Bertz CT molecular complexity index is 1100. The van der Waals surface area contributed by atoms with Gasteiger partial charge >= 0.3 is 17.7 Å². The molecule has 0 saturated carbocycles. The zero-order valence-electron chi connectivity index (χ0n) is 19.6. The van der Waals surface area contributed by atoms with E-state index in [2.05, 4.69) is 5.32 Å². The quantitative estimate of drug-likeness (QED) is 0.270. The zero-order chi connectivity index (χ0) is 24.9. The van der Waals surface area contributed by atoms with Gasteiger partial charge in [-0.3, -0.25) is 14.9 Å². The first-order valence-corrected chi connectivity index (χ1v) is 11.0. The number of benzene rings is 2. The number of nitrogens with one attached hydrogen (secondary N) is 1. The molecule has 0 fully saturated rings. The fraction of sp³-hybridized carbons (Fsp3) is 0.360. The van der Waals surface area contributed by atoms with E-state index in [1.165, 1.54) is 6.92 Å². The second-order valence-electron chi connectivity index (χ2n) is 7.97.